The first-order chi connectivity index (χ1) is 9.27. The lowest BCUT2D eigenvalue weighted by molar-refractivity contribution is -0.139. The van der Waals surface area contributed by atoms with Gasteiger partial charge in [-0.25, -0.2) is 0 Å². The van der Waals surface area contributed by atoms with Crippen LogP contribution in [0.3, 0.4) is 0 Å². The molecule has 0 unspecified atom stereocenters. The predicted octanol–water partition coefficient (Wildman–Crippen LogP) is 3.37. The molecule has 104 valence electrons. The van der Waals surface area contributed by atoms with E-state index in [-0.39, 0.29) is 0 Å². The van der Waals surface area contributed by atoms with Crippen molar-refractivity contribution in [3.8, 4) is 0 Å². The maximum atomic E-state index is 11.4. The zero-order valence-electron chi connectivity index (χ0n) is 11.3. The molecule has 0 aliphatic heterocycles. The van der Waals surface area contributed by atoms with E-state index in [1.165, 1.54) is 38.5 Å². The highest BCUT2D eigenvalue weighted by atomic mass is 16.4. The fourth-order valence-electron chi connectivity index (χ4n) is 2.85. The molecule has 0 saturated heterocycles. The fraction of sp³-hybridized carbons (Fsp3) is 0.562. The molecule has 0 aromatic heterocycles. The van der Waals surface area contributed by atoms with Crippen LogP contribution in [-0.2, 0) is 4.79 Å². The summed E-state index contributed by atoms with van der Waals surface area (Å²) in [5.74, 6) is -0.159. The Labute approximate surface area is 115 Å². The lowest BCUT2D eigenvalue weighted by Gasteiger charge is -2.19. The van der Waals surface area contributed by atoms with Gasteiger partial charge in [-0.3, -0.25) is 4.79 Å². The van der Waals surface area contributed by atoms with Crippen molar-refractivity contribution in [3.63, 3.8) is 0 Å². The van der Waals surface area contributed by atoms with Gasteiger partial charge in [0.1, 0.15) is 6.04 Å². The number of rotatable bonds is 5. The van der Waals surface area contributed by atoms with Gasteiger partial charge in [-0.2, -0.15) is 0 Å². The second kappa shape index (κ2) is 7.29. The van der Waals surface area contributed by atoms with Crippen LogP contribution in [0.25, 0.3) is 0 Å². The van der Waals surface area contributed by atoms with Gasteiger partial charge in [0.25, 0.3) is 0 Å². The molecule has 0 radical (unpaired) electrons. The van der Waals surface area contributed by atoms with Gasteiger partial charge in [-0.05, 0) is 30.9 Å². The molecule has 1 aliphatic rings. The van der Waals surface area contributed by atoms with Crippen molar-refractivity contribution in [1.82, 2.24) is 5.32 Å². The molecule has 2 rings (SSSR count). The molecule has 2 N–H and O–H groups in total. The highest BCUT2D eigenvalue weighted by Gasteiger charge is 2.21. The molecule has 1 fully saturated rings. The maximum absolute atomic E-state index is 11.4. The van der Waals surface area contributed by atoms with E-state index in [0.717, 1.165) is 12.1 Å². The molecule has 1 aromatic rings. The summed E-state index contributed by atoms with van der Waals surface area (Å²) in [6.45, 7) is 0.811. The third kappa shape index (κ3) is 4.35. The number of carboxylic acids is 1. The van der Waals surface area contributed by atoms with E-state index in [0.29, 0.717) is 5.92 Å². The summed E-state index contributed by atoms with van der Waals surface area (Å²) in [6, 6.07) is 8.85. The van der Waals surface area contributed by atoms with Crippen molar-refractivity contribution in [2.45, 2.75) is 44.6 Å². The third-order valence-corrected chi connectivity index (χ3v) is 3.97. The van der Waals surface area contributed by atoms with Gasteiger partial charge >= 0.3 is 5.97 Å². The van der Waals surface area contributed by atoms with E-state index in [2.05, 4.69) is 5.32 Å². The standard InChI is InChI=1S/C16H23NO2/c18-16(19)15(14-10-6-3-7-11-14)17-12-13-8-4-1-2-5-9-13/h3,6-7,10-11,13,15,17H,1-2,4-5,8-9,12H2,(H,18,19)/t15-/m1/s1. The van der Waals surface area contributed by atoms with Crippen molar-refractivity contribution in [1.29, 1.82) is 0 Å². The molecule has 3 nitrogen and oxygen atoms in total. The first-order valence-corrected chi connectivity index (χ1v) is 7.28. The van der Waals surface area contributed by atoms with E-state index in [4.69, 9.17) is 0 Å². The van der Waals surface area contributed by atoms with E-state index in [9.17, 15) is 9.90 Å². The molecule has 1 saturated carbocycles. The topological polar surface area (TPSA) is 49.3 Å². The van der Waals surface area contributed by atoms with E-state index in [1.807, 2.05) is 30.3 Å². The van der Waals surface area contributed by atoms with Gasteiger partial charge < -0.3 is 10.4 Å². The number of carbonyl (C=O) groups is 1. The highest BCUT2D eigenvalue weighted by Crippen LogP contribution is 2.23. The van der Waals surface area contributed by atoms with Crippen molar-refractivity contribution in [2.75, 3.05) is 6.54 Å². The Morgan fingerprint density at radius 3 is 2.37 bits per heavy atom. The van der Waals surface area contributed by atoms with Crippen LogP contribution in [0, 0.1) is 5.92 Å². The van der Waals surface area contributed by atoms with Crippen LogP contribution in [0.2, 0.25) is 0 Å². The Hall–Kier alpha value is -1.35. The molecular formula is C16H23NO2. The monoisotopic (exact) mass is 261 g/mol. The Balaban J connectivity index is 1.92. The average Bonchev–Trinajstić information content (AvgIpc) is 2.68. The third-order valence-electron chi connectivity index (χ3n) is 3.97. The summed E-state index contributed by atoms with van der Waals surface area (Å²) in [4.78, 5) is 11.4. The number of aliphatic carboxylic acids is 1. The van der Waals surface area contributed by atoms with E-state index >= 15 is 0 Å². The van der Waals surface area contributed by atoms with Gasteiger partial charge in [0.2, 0.25) is 0 Å². The average molecular weight is 261 g/mol. The molecule has 1 aromatic carbocycles. The SMILES string of the molecule is O=C(O)[C@H](NCC1CCCCCC1)c1ccccc1. The zero-order valence-corrected chi connectivity index (χ0v) is 11.3. The van der Waals surface area contributed by atoms with Gasteiger partial charge in [0.15, 0.2) is 0 Å². The molecule has 0 bridgehead atoms. The smallest absolute Gasteiger partial charge is 0.325 e. The number of hydrogen-bond donors (Lipinski definition) is 2. The van der Waals surface area contributed by atoms with Gasteiger partial charge in [0.05, 0.1) is 0 Å². The van der Waals surface area contributed by atoms with Gasteiger partial charge in [-0.1, -0.05) is 56.0 Å². The summed E-state index contributed by atoms with van der Waals surface area (Å²) in [5, 5.41) is 12.6. The second-order valence-electron chi connectivity index (χ2n) is 5.45. The number of carboxylic acid groups (broad SMARTS) is 1. The predicted molar refractivity (Wildman–Crippen MR) is 76.0 cm³/mol. The Bertz CT molecular complexity index is 383. The minimum atomic E-state index is -0.792. The minimum Gasteiger partial charge on any atom is -0.480 e. The summed E-state index contributed by atoms with van der Waals surface area (Å²) in [7, 11) is 0. The summed E-state index contributed by atoms with van der Waals surface area (Å²) < 4.78 is 0. The molecule has 1 aliphatic carbocycles. The fourth-order valence-corrected chi connectivity index (χ4v) is 2.85. The van der Waals surface area contributed by atoms with E-state index < -0.39 is 12.0 Å². The Kier molecular flexibility index (Phi) is 5.40. The number of benzene rings is 1. The number of nitrogens with one attached hydrogen (secondary N) is 1. The largest absolute Gasteiger partial charge is 0.480 e. The molecular weight excluding hydrogens is 238 g/mol. The lowest BCUT2D eigenvalue weighted by atomic mass is 9.99. The summed E-state index contributed by atoms with van der Waals surface area (Å²) in [5.41, 5.74) is 0.837. The molecule has 19 heavy (non-hydrogen) atoms. The van der Waals surface area contributed by atoms with Crippen molar-refractivity contribution < 1.29 is 9.90 Å². The van der Waals surface area contributed by atoms with Crippen LogP contribution in [0.1, 0.15) is 50.1 Å². The quantitative estimate of drug-likeness (QED) is 0.799. The van der Waals surface area contributed by atoms with Crippen LogP contribution in [0.15, 0.2) is 30.3 Å². The highest BCUT2D eigenvalue weighted by molar-refractivity contribution is 5.75. The second-order valence-corrected chi connectivity index (χ2v) is 5.45. The molecule has 0 spiro atoms. The van der Waals surface area contributed by atoms with Crippen LogP contribution < -0.4 is 5.32 Å². The molecule has 0 amide bonds. The first kappa shape index (κ1) is 14.1. The van der Waals surface area contributed by atoms with Crippen molar-refractivity contribution >= 4 is 5.97 Å². The van der Waals surface area contributed by atoms with Crippen LogP contribution in [-0.4, -0.2) is 17.6 Å². The normalized spacial score (nSPS) is 18.7. The molecule has 0 heterocycles. The summed E-state index contributed by atoms with van der Waals surface area (Å²) >= 11 is 0. The molecule has 1 atom stereocenters. The van der Waals surface area contributed by atoms with Crippen LogP contribution in [0.4, 0.5) is 0 Å². The summed E-state index contributed by atoms with van der Waals surface area (Å²) in [6.07, 6.45) is 7.70. The minimum absolute atomic E-state index is 0.579. The number of hydrogen-bond acceptors (Lipinski definition) is 2. The van der Waals surface area contributed by atoms with Crippen molar-refractivity contribution in [2.24, 2.45) is 5.92 Å². The van der Waals surface area contributed by atoms with Crippen LogP contribution in [0.5, 0.6) is 0 Å². The molecule has 3 heteroatoms. The van der Waals surface area contributed by atoms with Gasteiger partial charge in [-0.15, -0.1) is 0 Å². The Morgan fingerprint density at radius 2 is 1.79 bits per heavy atom. The lowest BCUT2D eigenvalue weighted by Crippen LogP contribution is -2.32. The van der Waals surface area contributed by atoms with E-state index in [1.54, 1.807) is 0 Å². The zero-order chi connectivity index (χ0) is 13.5. The van der Waals surface area contributed by atoms with Crippen LogP contribution >= 0.6 is 0 Å². The first-order valence-electron chi connectivity index (χ1n) is 7.28. The van der Waals surface area contributed by atoms with Gasteiger partial charge in [0, 0.05) is 0 Å². The maximum Gasteiger partial charge on any atom is 0.325 e. The van der Waals surface area contributed by atoms with Crippen molar-refractivity contribution in [3.05, 3.63) is 35.9 Å². The Morgan fingerprint density at radius 1 is 1.16 bits per heavy atom.